The fraction of sp³-hybridized carbons (Fsp3) is 0.0625. The third kappa shape index (κ3) is 2.58. The van der Waals surface area contributed by atoms with Crippen LogP contribution in [-0.2, 0) is 0 Å². The molecular weight excluding hydrogens is 290 g/mol. The molecule has 2 aromatic carbocycles. The molecule has 21 heavy (non-hydrogen) atoms. The number of benzene rings is 2. The number of ether oxygens (including phenoxy) is 1. The van der Waals surface area contributed by atoms with Crippen molar-refractivity contribution in [1.29, 1.82) is 0 Å². The Kier molecular flexibility index (Phi) is 3.54. The predicted octanol–water partition coefficient (Wildman–Crippen LogP) is 4.55. The SMILES string of the molecule is COc1ccc2c(Cl)c(C=Nc3ccccc3O)oc2c1. The molecule has 3 aromatic rings. The molecule has 4 nitrogen and oxygen atoms in total. The van der Waals surface area contributed by atoms with Crippen molar-refractivity contribution in [1.82, 2.24) is 0 Å². The summed E-state index contributed by atoms with van der Waals surface area (Å²) in [4.78, 5) is 4.19. The van der Waals surface area contributed by atoms with E-state index in [1.807, 2.05) is 12.1 Å². The van der Waals surface area contributed by atoms with E-state index in [4.69, 9.17) is 20.8 Å². The van der Waals surface area contributed by atoms with E-state index in [2.05, 4.69) is 4.99 Å². The number of rotatable bonds is 3. The van der Waals surface area contributed by atoms with Crippen LogP contribution in [0.2, 0.25) is 5.02 Å². The van der Waals surface area contributed by atoms with Crippen molar-refractivity contribution in [2.24, 2.45) is 4.99 Å². The molecule has 0 bridgehead atoms. The minimum Gasteiger partial charge on any atom is -0.506 e. The normalized spacial score (nSPS) is 11.3. The van der Waals surface area contributed by atoms with Crippen molar-refractivity contribution in [2.75, 3.05) is 7.11 Å². The molecule has 1 aromatic heterocycles. The van der Waals surface area contributed by atoms with Gasteiger partial charge in [0.25, 0.3) is 0 Å². The number of halogens is 1. The first-order valence-electron chi connectivity index (χ1n) is 6.27. The summed E-state index contributed by atoms with van der Waals surface area (Å²) in [6.07, 6.45) is 1.49. The summed E-state index contributed by atoms with van der Waals surface area (Å²) in [5.41, 5.74) is 1.07. The third-order valence-corrected chi connectivity index (χ3v) is 3.45. The van der Waals surface area contributed by atoms with E-state index < -0.39 is 0 Å². The van der Waals surface area contributed by atoms with Gasteiger partial charge in [0.2, 0.25) is 0 Å². The van der Waals surface area contributed by atoms with Gasteiger partial charge in [0.05, 0.1) is 18.3 Å². The minimum absolute atomic E-state index is 0.0997. The summed E-state index contributed by atoms with van der Waals surface area (Å²) in [6.45, 7) is 0. The summed E-state index contributed by atoms with van der Waals surface area (Å²) in [5, 5.41) is 10.9. The molecular formula is C16H12ClNO3. The van der Waals surface area contributed by atoms with Crippen LogP contribution in [0.3, 0.4) is 0 Å². The van der Waals surface area contributed by atoms with Gasteiger partial charge in [-0.2, -0.15) is 0 Å². The molecule has 0 aliphatic carbocycles. The molecule has 0 aliphatic heterocycles. The molecule has 0 fully saturated rings. The quantitative estimate of drug-likeness (QED) is 0.722. The van der Waals surface area contributed by atoms with Crippen molar-refractivity contribution in [2.45, 2.75) is 0 Å². The van der Waals surface area contributed by atoms with Gasteiger partial charge in [-0.1, -0.05) is 23.7 Å². The van der Waals surface area contributed by atoms with Crippen LogP contribution in [-0.4, -0.2) is 18.4 Å². The first kappa shape index (κ1) is 13.5. The number of phenolic OH excluding ortho intramolecular Hbond substituents is 1. The second-order valence-corrected chi connectivity index (χ2v) is 4.77. The molecule has 0 saturated carbocycles. The van der Waals surface area contributed by atoms with Crippen LogP contribution in [0.5, 0.6) is 11.5 Å². The lowest BCUT2D eigenvalue weighted by molar-refractivity contribution is 0.414. The Hall–Kier alpha value is -2.46. The van der Waals surface area contributed by atoms with Crippen LogP contribution < -0.4 is 4.74 Å². The van der Waals surface area contributed by atoms with Crippen molar-refractivity contribution in [3.05, 3.63) is 53.2 Å². The Bertz CT molecular complexity index is 824. The van der Waals surface area contributed by atoms with Crippen molar-refractivity contribution < 1.29 is 14.3 Å². The molecule has 0 amide bonds. The number of nitrogens with zero attached hydrogens (tertiary/aromatic N) is 1. The van der Waals surface area contributed by atoms with Crippen molar-refractivity contribution in [3.63, 3.8) is 0 Å². The summed E-state index contributed by atoms with van der Waals surface area (Å²) >= 11 is 6.27. The maximum Gasteiger partial charge on any atom is 0.165 e. The van der Waals surface area contributed by atoms with E-state index in [0.29, 0.717) is 27.8 Å². The second kappa shape index (κ2) is 5.50. The Labute approximate surface area is 126 Å². The van der Waals surface area contributed by atoms with E-state index in [1.54, 1.807) is 37.4 Å². The topological polar surface area (TPSA) is 55.0 Å². The summed E-state index contributed by atoms with van der Waals surface area (Å²) < 4.78 is 10.8. The van der Waals surface area contributed by atoms with Crippen LogP contribution in [0.4, 0.5) is 5.69 Å². The molecule has 5 heteroatoms. The largest absolute Gasteiger partial charge is 0.506 e. The highest BCUT2D eigenvalue weighted by Crippen LogP contribution is 2.32. The van der Waals surface area contributed by atoms with E-state index in [0.717, 1.165) is 5.39 Å². The summed E-state index contributed by atoms with van der Waals surface area (Å²) in [5.74, 6) is 1.22. The van der Waals surface area contributed by atoms with Crippen LogP contribution in [0.25, 0.3) is 11.0 Å². The van der Waals surface area contributed by atoms with Gasteiger partial charge in [-0.25, -0.2) is 4.99 Å². The van der Waals surface area contributed by atoms with Gasteiger partial charge in [-0.3, -0.25) is 0 Å². The molecule has 0 aliphatic rings. The average molecular weight is 302 g/mol. The smallest absolute Gasteiger partial charge is 0.165 e. The molecule has 0 unspecified atom stereocenters. The zero-order chi connectivity index (χ0) is 14.8. The van der Waals surface area contributed by atoms with Gasteiger partial charge in [0.15, 0.2) is 5.76 Å². The zero-order valence-corrected chi connectivity index (χ0v) is 12.0. The van der Waals surface area contributed by atoms with E-state index in [-0.39, 0.29) is 5.75 Å². The zero-order valence-electron chi connectivity index (χ0n) is 11.2. The van der Waals surface area contributed by atoms with E-state index in [9.17, 15) is 5.11 Å². The third-order valence-electron chi connectivity index (χ3n) is 3.06. The van der Waals surface area contributed by atoms with Crippen LogP contribution in [0, 0.1) is 0 Å². The first-order valence-corrected chi connectivity index (χ1v) is 6.65. The molecule has 0 radical (unpaired) electrons. The maximum absolute atomic E-state index is 9.67. The highest BCUT2D eigenvalue weighted by atomic mass is 35.5. The van der Waals surface area contributed by atoms with E-state index in [1.165, 1.54) is 6.21 Å². The fourth-order valence-corrected chi connectivity index (χ4v) is 2.22. The van der Waals surface area contributed by atoms with Gasteiger partial charge in [-0.15, -0.1) is 0 Å². The molecule has 1 N–H and O–H groups in total. The lowest BCUT2D eigenvalue weighted by Gasteiger charge is -1.96. The number of hydrogen-bond acceptors (Lipinski definition) is 4. The highest BCUT2D eigenvalue weighted by molar-refractivity contribution is 6.37. The Balaban J connectivity index is 2.01. The standard InChI is InChI=1S/C16H12ClNO3/c1-20-10-6-7-11-14(8-10)21-15(16(11)17)9-18-12-4-2-3-5-13(12)19/h2-9,19H,1H3. The number of para-hydroxylation sites is 2. The predicted molar refractivity (Wildman–Crippen MR) is 83.1 cm³/mol. The number of furan rings is 1. The van der Waals surface area contributed by atoms with Crippen LogP contribution in [0.15, 0.2) is 51.9 Å². The number of hydrogen-bond donors (Lipinski definition) is 1. The molecule has 106 valence electrons. The molecule has 1 heterocycles. The molecule has 0 saturated heterocycles. The number of fused-ring (bicyclic) bond motifs is 1. The van der Waals surface area contributed by atoms with Gasteiger partial charge in [-0.05, 0) is 24.3 Å². The fourth-order valence-electron chi connectivity index (χ4n) is 1.98. The lowest BCUT2D eigenvalue weighted by Crippen LogP contribution is -1.80. The second-order valence-electron chi connectivity index (χ2n) is 4.39. The first-order chi connectivity index (χ1) is 10.2. The molecule has 0 atom stereocenters. The molecule has 0 spiro atoms. The van der Waals surface area contributed by atoms with Gasteiger partial charge in [0.1, 0.15) is 22.8 Å². The lowest BCUT2D eigenvalue weighted by atomic mass is 10.2. The van der Waals surface area contributed by atoms with Crippen LogP contribution >= 0.6 is 11.6 Å². The van der Waals surface area contributed by atoms with Gasteiger partial charge >= 0.3 is 0 Å². The van der Waals surface area contributed by atoms with Crippen LogP contribution in [0.1, 0.15) is 5.76 Å². The van der Waals surface area contributed by atoms with Gasteiger partial charge in [0, 0.05) is 11.5 Å². The number of aromatic hydroxyl groups is 1. The summed E-state index contributed by atoms with van der Waals surface area (Å²) in [6, 6.07) is 12.2. The Morgan fingerprint density at radius 3 is 2.81 bits per heavy atom. The molecule has 3 rings (SSSR count). The number of aliphatic imine (C=N–C) groups is 1. The minimum atomic E-state index is 0.0997. The maximum atomic E-state index is 9.67. The summed E-state index contributed by atoms with van der Waals surface area (Å²) in [7, 11) is 1.59. The Morgan fingerprint density at radius 2 is 2.05 bits per heavy atom. The highest BCUT2D eigenvalue weighted by Gasteiger charge is 2.11. The van der Waals surface area contributed by atoms with Gasteiger partial charge < -0.3 is 14.3 Å². The van der Waals surface area contributed by atoms with Crippen molar-refractivity contribution in [3.8, 4) is 11.5 Å². The Morgan fingerprint density at radius 1 is 1.24 bits per heavy atom. The number of methoxy groups -OCH3 is 1. The number of phenols is 1. The average Bonchev–Trinajstić information content (AvgIpc) is 2.82. The van der Waals surface area contributed by atoms with Crippen molar-refractivity contribution >= 4 is 34.5 Å². The van der Waals surface area contributed by atoms with E-state index >= 15 is 0 Å². The monoisotopic (exact) mass is 301 g/mol.